The summed E-state index contributed by atoms with van der Waals surface area (Å²) in [6, 6.07) is 0. The standard InChI is InChI=1S/C29H47ClO2/c1-4-5-6-7-8-9-10-21-12-14-25-24-13-11-22-19-23(32-27(31)20-30)15-17-29(22,3)26(24)16-18-28(21,25)2/h11,21,23-26H,4-10,12-20H2,1-3H3/t21-,23-,24-,25-,26-,28+,29-/m0/s1. The summed E-state index contributed by atoms with van der Waals surface area (Å²) in [5.41, 5.74) is 2.49. The molecule has 2 nitrogen and oxygen atoms in total. The quantitative estimate of drug-likeness (QED) is 0.148. The second kappa shape index (κ2) is 10.4. The molecule has 3 heteroatoms. The van der Waals surface area contributed by atoms with E-state index in [-0.39, 0.29) is 18.0 Å². The fourth-order valence-corrected chi connectivity index (χ4v) is 8.76. The van der Waals surface area contributed by atoms with E-state index in [0.717, 1.165) is 36.5 Å². The zero-order valence-corrected chi connectivity index (χ0v) is 21.7. The predicted molar refractivity (Wildman–Crippen MR) is 134 cm³/mol. The Labute approximate surface area is 202 Å². The van der Waals surface area contributed by atoms with Crippen molar-refractivity contribution in [2.24, 2.45) is 34.5 Å². The smallest absolute Gasteiger partial charge is 0.321 e. The number of allylic oxidation sites excluding steroid dienone is 1. The van der Waals surface area contributed by atoms with Crippen LogP contribution in [-0.2, 0) is 9.53 Å². The molecule has 0 amide bonds. The van der Waals surface area contributed by atoms with E-state index in [9.17, 15) is 4.79 Å². The van der Waals surface area contributed by atoms with Gasteiger partial charge in [0.15, 0.2) is 0 Å². The van der Waals surface area contributed by atoms with E-state index >= 15 is 0 Å². The Balaban J connectivity index is 1.38. The molecule has 0 unspecified atom stereocenters. The van der Waals surface area contributed by atoms with E-state index in [4.69, 9.17) is 16.3 Å². The molecule has 182 valence electrons. The largest absolute Gasteiger partial charge is 0.461 e. The molecule has 4 rings (SSSR count). The molecule has 0 saturated heterocycles. The number of hydrogen-bond donors (Lipinski definition) is 0. The summed E-state index contributed by atoms with van der Waals surface area (Å²) in [6.45, 7) is 7.52. The van der Waals surface area contributed by atoms with Crippen LogP contribution in [-0.4, -0.2) is 18.0 Å². The average Bonchev–Trinajstić information content (AvgIpc) is 3.12. The van der Waals surface area contributed by atoms with Crippen molar-refractivity contribution in [2.45, 2.75) is 123 Å². The second-order valence-corrected chi connectivity index (χ2v) is 12.4. The maximum absolute atomic E-state index is 11.7. The zero-order valence-electron chi connectivity index (χ0n) is 21.0. The van der Waals surface area contributed by atoms with Crippen molar-refractivity contribution in [3.05, 3.63) is 11.6 Å². The third kappa shape index (κ3) is 4.69. The fraction of sp³-hybridized carbons (Fsp3) is 0.897. The summed E-state index contributed by atoms with van der Waals surface area (Å²) in [5.74, 6) is 3.30. The highest BCUT2D eigenvalue weighted by atomic mass is 35.5. The number of ether oxygens (including phenoxy) is 1. The second-order valence-electron chi connectivity index (χ2n) is 12.1. The monoisotopic (exact) mass is 462 g/mol. The number of hydrogen-bond acceptors (Lipinski definition) is 2. The number of alkyl halides is 1. The minimum absolute atomic E-state index is 0.0301. The Hall–Kier alpha value is -0.500. The van der Waals surface area contributed by atoms with Gasteiger partial charge in [-0.15, -0.1) is 11.6 Å². The van der Waals surface area contributed by atoms with Gasteiger partial charge in [0, 0.05) is 6.42 Å². The fourth-order valence-electron chi connectivity index (χ4n) is 8.70. The number of unbranched alkanes of at least 4 members (excludes halogenated alkanes) is 5. The van der Waals surface area contributed by atoms with Crippen LogP contribution >= 0.6 is 11.6 Å². The zero-order chi connectivity index (χ0) is 22.8. The number of esters is 1. The molecule has 0 N–H and O–H groups in total. The Morgan fingerprint density at radius 3 is 2.59 bits per heavy atom. The lowest BCUT2D eigenvalue weighted by molar-refractivity contribution is -0.148. The molecular formula is C29H47ClO2. The van der Waals surface area contributed by atoms with E-state index in [1.807, 2.05) is 0 Å². The Bertz CT molecular complexity index is 687. The van der Waals surface area contributed by atoms with Gasteiger partial charge in [-0.2, -0.15) is 0 Å². The highest BCUT2D eigenvalue weighted by molar-refractivity contribution is 6.26. The Kier molecular flexibility index (Phi) is 8.01. The number of halogens is 1. The van der Waals surface area contributed by atoms with Crippen molar-refractivity contribution >= 4 is 17.6 Å². The molecule has 0 heterocycles. The Morgan fingerprint density at radius 1 is 1.03 bits per heavy atom. The van der Waals surface area contributed by atoms with Gasteiger partial charge in [-0.3, -0.25) is 4.79 Å². The molecule has 0 aliphatic heterocycles. The SMILES string of the molecule is CCCCCCCC[C@H]1CC[C@H]2[C@@H]3CC=C4C[C@@H](OC(=O)CCl)CC[C@]4(C)[C@H]3CC[C@]12C. The third-order valence-corrected chi connectivity index (χ3v) is 10.8. The number of rotatable bonds is 9. The molecule has 0 radical (unpaired) electrons. The van der Waals surface area contributed by atoms with Crippen molar-refractivity contribution in [1.29, 1.82) is 0 Å². The highest BCUT2D eigenvalue weighted by Gasteiger charge is 2.58. The number of carbonyl (C=O) groups excluding carboxylic acids is 1. The van der Waals surface area contributed by atoms with Crippen LogP contribution in [0.25, 0.3) is 0 Å². The normalized spacial score (nSPS) is 40.8. The van der Waals surface area contributed by atoms with Crippen molar-refractivity contribution in [2.75, 3.05) is 5.88 Å². The minimum Gasteiger partial charge on any atom is -0.461 e. The van der Waals surface area contributed by atoms with Crippen molar-refractivity contribution in [3.63, 3.8) is 0 Å². The maximum Gasteiger partial charge on any atom is 0.321 e. The van der Waals surface area contributed by atoms with Crippen LogP contribution < -0.4 is 0 Å². The number of carbonyl (C=O) groups is 1. The molecule has 0 aromatic heterocycles. The van der Waals surface area contributed by atoms with E-state index in [0.29, 0.717) is 10.8 Å². The first-order chi connectivity index (χ1) is 15.4. The van der Waals surface area contributed by atoms with Gasteiger partial charge >= 0.3 is 5.97 Å². The molecule has 0 aromatic rings. The molecule has 3 fully saturated rings. The lowest BCUT2D eigenvalue weighted by Crippen LogP contribution is -2.50. The van der Waals surface area contributed by atoms with Gasteiger partial charge in [0.1, 0.15) is 12.0 Å². The molecule has 4 aliphatic rings. The summed E-state index contributed by atoms with van der Waals surface area (Å²) in [5, 5.41) is 0. The van der Waals surface area contributed by atoms with Gasteiger partial charge in [0.25, 0.3) is 0 Å². The van der Waals surface area contributed by atoms with Gasteiger partial charge < -0.3 is 4.74 Å². The van der Waals surface area contributed by atoms with Crippen LogP contribution in [0.2, 0.25) is 0 Å². The van der Waals surface area contributed by atoms with Gasteiger partial charge in [0.05, 0.1) is 0 Å². The Morgan fingerprint density at radius 2 is 1.81 bits per heavy atom. The van der Waals surface area contributed by atoms with E-state index in [1.165, 1.54) is 83.5 Å². The van der Waals surface area contributed by atoms with Crippen molar-refractivity contribution < 1.29 is 9.53 Å². The highest BCUT2D eigenvalue weighted by Crippen LogP contribution is 2.66. The van der Waals surface area contributed by atoms with Gasteiger partial charge in [-0.05, 0) is 85.9 Å². The molecule has 0 bridgehead atoms. The topological polar surface area (TPSA) is 26.3 Å². The summed E-state index contributed by atoms with van der Waals surface area (Å²) < 4.78 is 5.63. The van der Waals surface area contributed by atoms with Crippen LogP contribution in [0.5, 0.6) is 0 Å². The van der Waals surface area contributed by atoms with E-state index < -0.39 is 0 Å². The minimum atomic E-state index is -0.259. The molecule has 0 aromatic carbocycles. The summed E-state index contributed by atoms with van der Waals surface area (Å²) in [4.78, 5) is 11.7. The average molecular weight is 463 g/mol. The summed E-state index contributed by atoms with van der Waals surface area (Å²) >= 11 is 5.67. The lowest BCUT2D eigenvalue weighted by Gasteiger charge is -2.58. The summed E-state index contributed by atoms with van der Waals surface area (Å²) in [7, 11) is 0. The van der Waals surface area contributed by atoms with Crippen molar-refractivity contribution in [1.82, 2.24) is 0 Å². The van der Waals surface area contributed by atoms with Crippen LogP contribution in [0.4, 0.5) is 0 Å². The first-order valence-electron chi connectivity index (χ1n) is 13.9. The van der Waals surface area contributed by atoms with Gasteiger partial charge in [-0.25, -0.2) is 0 Å². The van der Waals surface area contributed by atoms with E-state index in [2.05, 4.69) is 26.8 Å². The van der Waals surface area contributed by atoms with Crippen LogP contribution in [0.1, 0.15) is 117 Å². The van der Waals surface area contributed by atoms with Crippen LogP contribution in [0.15, 0.2) is 11.6 Å². The molecule has 7 atom stereocenters. The van der Waals surface area contributed by atoms with E-state index in [1.54, 1.807) is 5.57 Å². The molecule has 32 heavy (non-hydrogen) atoms. The van der Waals surface area contributed by atoms with Crippen LogP contribution in [0.3, 0.4) is 0 Å². The molecule has 4 aliphatic carbocycles. The molecule has 3 saturated carbocycles. The maximum atomic E-state index is 11.7. The first-order valence-corrected chi connectivity index (χ1v) is 14.4. The summed E-state index contributed by atoms with van der Waals surface area (Å²) in [6.07, 6.45) is 22.8. The third-order valence-electron chi connectivity index (χ3n) is 10.6. The van der Waals surface area contributed by atoms with Gasteiger partial charge in [-0.1, -0.05) is 70.9 Å². The van der Waals surface area contributed by atoms with Crippen molar-refractivity contribution in [3.8, 4) is 0 Å². The number of fused-ring (bicyclic) bond motifs is 5. The molecular weight excluding hydrogens is 416 g/mol. The van der Waals surface area contributed by atoms with Gasteiger partial charge in [0.2, 0.25) is 0 Å². The van der Waals surface area contributed by atoms with Crippen LogP contribution in [0, 0.1) is 34.5 Å². The first kappa shape index (κ1) is 24.6. The predicted octanol–water partition coefficient (Wildman–Crippen LogP) is 8.47. The lowest BCUT2D eigenvalue weighted by atomic mass is 9.47. The molecule has 0 spiro atoms.